The molecule has 4 aromatic rings. The summed E-state index contributed by atoms with van der Waals surface area (Å²) in [7, 11) is 0. The van der Waals surface area contributed by atoms with Gasteiger partial charge in [-0.15, -0.1) is 0 Å². The Labute approximate surface area is 220 Å². The average Bonchev–Trinajstić information content (AvgIpc) is 3.13. The lowest BCUT2D eigenvalue weighted by Crippen LogP contribution is -2.33. The van der Waals surface area contributed by atoms with Gasteiger partial charge in [0.15, 0.2) is 0 Å². The molecule has 2 amide bonds. The molecule has 0 saturated carbocycles. The van der Waals surface area contributed by atoms with Crippen molar-refractivity contribution in [1.29, 1.82) is 5.26 Å². The number of alkyl halides is 3. The number of aromatic nitrogens is 3. The van der Waals surface area contributed by atoms with E-state index >= 15 is 0 Å². The van der Waals surface area contributed by atoms with E-state index in [0.29, 0.717) is 28.3 Å². The molecular formula is C28H19F3N6O2. The number of hydrogen-bond acceptors (Lipinski definition) is 6. The van der Waals surface area contributed by atoms with Crippen LogP contribution in [0.2, 0.25) is 0 Å². The van der Waals surface area contributed by atoms with E-state index in [9.17, 15) is 22.8 Å². The quantitative estimate of drug-likeness (QED) is 0.367. The van der Waals surface area contributed by atoms with Crippen LogP contribution < -0.4 is 10.2 Å². The number of carbonyl (C=O) groups is 2. The van der Waals surface area contributed by atoms with E-state index < -0.39 is 28.6 Å². The second-order valence-electron chi connectivity index (χ2n) is 9.27. The maximum atomic E-state index is 13.9. The van der Waals surface area contributed by atoms with Crippen molar-refractivity contribution in [1.82, 2.24) is 15.0 Å². The van der Waals surface area contributed by atoms with Gasteiger partial charge >= 0.3 is 6.18 Å². The number of nitriles is 1. The summed E-state index contributed by atoms with van der Waals surface area (Å²) in [4.78, 5) is 40.5. The molecule has 39 heavy (non-hydrogen) atoms. The third kappa shape index (κ3) is 4.46. The Morgan fingerprint density at radius 3 is 2.46 bits per heavy atom. The number of fused-ring (bicyclic) bond motifs is 1. The topological polar surface area (TPSA) is 112 Å². The fourth-order valence-electron chi connectivity index (χ4n) is 4.52. The molecule has 1 N–H and O–H groups in total. The van der Waals surface area contributed by atoms with Gasteiger partial charge in [-0.1, -0.05) is 12.1 Å². The minimum atomic E-state index is -4.81. The molecule has 11 heteroatoms. The largest absolute Gasteiger partial charge is 0.417 e. The average molecular weight is 528 g/mol. The molecule has 0 aliphatic carbocycles. The van der Waals surface area contributed by atoms with Crippen LogP contribution in [-0.4, -0.2) is 26.8 Å². The first kappa shape index (κ1) is 25.5. The number of halogens is 3. The van der Waals surface area contributed by atoms with Crippen LogP contribution in [0.5, 0.6) is 0 Å². The van der Waals surface area contributed by atoms with E-state index in [4.69, 9.17) is 5.26 Å². The molecule has 1 aliphatic rings. The number of pyridine rings is 3. The molecule has 0 unspecified atom stereocenters. The number of anilines is 3. The second kappa shape index (κ2) is 9.33. The third-order valence-corrected chi connectivity index (χ3v) is 6.40. The highest BCUT2D eigenvalue weighted by atomic mass is 19.4. The lowest BCUT2D eigenvalue weighted by Gasteiger charge is -2.20. The summed E-state index contributed by atoms with van der Waals surface area (Å²) in [5.74, 6) is -0.666. The van der Waals surface area contributed by atoms with Crippen LogP contribution in [0, 0.1) is 11.3 Å². The van der Waals surface area contributed by atoms with E-state index in [0.717, 1.165) is 12.1 Å². The van der Waals surface area contributed by atoms with Crippen LogP contribution in [0.15, 0.2) is 73.2 Å². The van der Waals surface area contributed by atoms with Gasteiger partial charge in [-0.2, -0.15) is 18.4 Å². The lowest BCUT2D eigenvalue weighted by molar-refractivity contribution is -0.137. The highest BCUT2D eigenvalue weighted by Crippen LogP contribution is 2.48. The van der Waals surface area contributed by atoms with Crippen molar-refractivity contribution in [2.24, 2.45) is 0 Å². The van der Waals surface area contributed by atoms with Gasteiger partial charge in [0.1, 0.15) is 23.5 Å². The number of amides is 2. The Morgan fingerprint density at radius 2 is 1.82 bits per heavy atom. The highest BCUT2D eigenvalue weighted by molar-refractivity contribution is 6.13. The van der Waals surface area contributed by atoms with Gasteiger partial charge in [0.25, 0.3) is 5.91 Å². The van der Waals surface area contributed by atoms with E-state index in [-0.39, 0.29) is 17.3 Å². The molecule has 0 saturated heterocycles. The van der Waals surface area contributed by atoms with Crippen LogP contribution in [0.3, 0.4) is 0 Å². The second-order valence-corrected chi connectivity index (χ2v) is 9.27. The molecule has 0 spiro atoms. The van der Waals surface area contributed by atoms with E-state index in [1.165, 1.54) is 35.5 Å². The van der Waals surface area contributed by atoms with Crippen molar-refractivity contribution in [3.63, 3.8) is 0 Å². The van der Waals surface area contributed by atoms with Crippen molar-refractivity contribution in [2.45, 2.75) is 25.4 Å². The van der Waals surface area contributed by atoms with Gasteiger partial charge < -0.3 is 5.32 Å². The normalized spacial score (nSPS) is 14.1. The summed E-state index contributed by atoms with van der Waals surface area (Å²) >= 11 is 0. The van der Waals surface area contributed by atoms with Gasteiger partial charge in [0.2, 0.25) is 5.91 Å². The van der Waals surface area contributed by atoms with Crippen LogP contribution in [0.1, 0.15) is 40.9 Å². The fourth-order valence-corrected chi connectivity index (χ4v) is 4.52. The molecule has 4 heterocycles. The Bertz CT molecular complexity index is 1650. The van der Waals surface area contributed by atoms with E-state index in [2.05, 4.69) is 20.3 Å². The standard InChI is InChI=1S/C28H19F3N6O2/c1-27(2)23-18(10-12-34-24(23)37(26(27)39)22-5-3-4-11-33-22)17-7-8-20(28(29,30)31)19(13-17)25(38)36-21-9-6-16(14-32)15-35-21/h3-13,15H,1-2H3,(H,35,36,38). The first-order chi connectivity index (χ1) is 18.5. The van der Waals surface area contributed by atoms with Crippen LogP contribution >= 0.6 is 0 Å². The summed E-state index contributed by atoms with van der Waals surface area (Å²) in [5, 5.41) is 11.3. The monoisotopic (exact) mass is 528 g/mol. The number of carbonyl (C=O) groups excluding carboxylic acids is 2. The predicted octanol–water partition coefficient (Wildman–Crippen LogP) is 5.64. The van der Waals surface area contributed by atoms with E-state index in [1.807, 2.05) is 6.07 Å². The highest BCUT2D eigenvalue weighted by Gasteiger charge is 2.48. The number of nitrogens with one attached hydrogen (secondary N) is 1. The number of benzene rings is 1. The lowest BCUT2D eigenvalue weighted by atomic mass is 9.82. The molecule has 1 aliphatic heterocycles. The first-order valence-corrected chi connectivity index (χ1v) is 11.7. The molecule has 3 aromatic heterocycles. The Balaban J connectivity index is 1.63. The molecule has 1 aromatic carbocycles. The zero-order valence-electron chi connectivity index (χ0n) is 20.6. The Hall–Kier alpha value is -5.11. The van der Waals surface area contributed by atoms with Crippen molar-refractivity contribution in [3.8, 4) is 17.2 Å². The van der Waals surface area contributed by atoms with Crippen molar-refractivity contribution in [2.75, 3.05) is 10.2 Å². The van der Waals surface area contributed by atoms with Gasteiger partial charge in [0.05, 0.1) is 22.1 Å². The van der Waals surface area contributed by atoms with Crippen LogP contribution in [0.25, 0.3) is 11.1 Å². The van der Waals surface area contributed by atoms with Crippen LogP contribution in [0.4, 0.5) is 30.6 Å². The molecular weight excluding hydrogens is 509 g/mol. The Kier molecular flexibility index (Phi) is 6.11. The van der Waals surface area contributed by atoms with Crippen molar-refractivity contribution < 1.29 is 22.8 Å². The van der Waals surface area contributed by atoms with Crippen LogP contribution in [-0.2, 0) is 16.4 Å². The van der Waals surface area contributed by atoms with Crippen molar-refractivity contribution in [3.05, 3.63) is 95.4 Å². The Morgan fingerprint density at radius 1 is 1.03 bits per heavy atom. The molecule has 0 atom stereocenters. The van der Waals surface area contributed by atoms with Gasteiger partial charge in [0, 0.05) is 24.2 Å². The molecule has 8 nitrogen and oxygen atoms in total. The molecule has 194 valence electrons. The summed E-state index contributed by atoms with van der Waals surface area (Å²) < 4.78 is 41.7. The van der Waals surface area contributed by atoms with Gasteiger partial charge in [-0.3, -0.25) is 9.59 Å². The third-order valence-electron chi connectivity index (χ3n) is 6.40. The summed E-state index contributed by atoms with van der Waals surface area (Å²) in [6, 6.07) is 14.5. The van der Waals surface area contributed by atoms with Gasteiger partial charge in [-0.25, -0.2) is 19.9 Å². The summed E-state index contributed by atoms with van der Waals surface area (Å²) in [6.07, 6.45) is -0.615. The summed E-state index contributed by atoms with van der Waals surface area (Å²) in [6.45, 7) is 3.41. The molecule has 0 bridgehead atoms. The van der Waals surface area contributed by atoms with E-state index in [1.54, 1.807) is 44.3 Å². The maximum absolute atomic E-state index is 13.9. The first-order valence-electron chi connectivity index (χ1n) is 11.7. The minimum Gasteiger partial charge on any atom is -0.307 e. The smallest absolute Gasteiger partial charge is 0.307 e. The molecule has 5 rings (SSSR count). The fraction of sp³-hybridized carbons (Fsp3) is 0.143. The summed E-state index contributed by atoms with van der Waals surface area (Å²) in [5.41, 5.74) is -1.36. The minimum absolute atomic E-state index is 0.0138. The molecule has 0 radical (unpaired) electrons. The molecule has 0 fully saturated rings. The number of hydrogen-bond donors (Lipinski definition) is 1. The zero-order chi connectivity index (χ0) is 27.9. The maximum Gasteiger partial charge on any atom is 0.417 e. The number of nitrogens with zero attached hydrogens (tertiary/aromatic N) is 5. The SMILES string of the molecule is CC1(C)C(=O)N(c2ccccn2)c2nccc(-c3ccc(C(F)(F)F)c(C(=O)Nc4ccc(C#N)cn4)c3)c21. The predicted molar refractivity (Wildman–Crippen MR) is 136 cm³/mol. The van der Waals surface area contributed by atoms with Crippen molar-refractivity contribution >= 4 is 29.3 Å². The number of rotatable bonds is 4. The van der Waals surface area contributed by atoms with Gasteiger partial charge in [-0.05, 0) is 67.4 Å². The zero-order valence-corrected chi connectivity index (χ0v) is 20.6.